The molecule has 1 atom stereocenters. The molecule has 0 heterocycles. The zero-order chi connectivity index (χ0) is 31.5. The van der Waals surface area contributed by atoms with Crippen molar-refractivity contribution in [2.24, 2.45) is 0 Å². The van der Waals surface area contributed by atoms with Gasteiger partial charge in [-0.15, -0.1) is 0 Å². The average molecular weight is 1040 g/mol. The zero-order valence-electron chi connectivity index (χ0n) is 22.9. The lowest BCUT2D eigenvalue weighted by molar-refractivity contribution is -0.159. The Hall–Kier alpha value is -2.19. The molecular weight excluding hydrogens is 1020 g/mol. The van der Waals surface area contributed by atoms with Crippen LogP contribution < -0.4 is 10.1 Å². The van der Waals surface area contributed by atoms with Crippen LogP contribution in [0.15, 0.2) is 72.8 Å². The van der Waals surface area contributed by atoms with Crippen molar-refractivity contribution in [2.75, 3.05) is 6.61 Å². The molecule has 4 aromatic carbocycles. The highest BCUT2D eigenvalue weighted by molar-refractivity contribution is 14.1. The Morgan fingerprint density at radius 2 is 1.39 bits per heavy atom. The van der Waals surface area contributed by atoms with Gasteiger partial charge in [-0.25, -0.2) is 9.59 Å². The Bertz CT molecular complexity index is 1690. The first-order valence-electron chi connectivity index (χ1n) is 13.2. The van der Waals surface area contributed by atoms with Gasteiger partial charge in [-0.2, -0.15) is 0 Å². The molecule has 0 radical (unpaired) electrons. The number of alkyl carbamates (subject to hydrolysis) is 1. The van der Waals surface area contributed by atoms with Crippen molar-refractivity contribution in [2.45, 2.75) is 25.3 Å². The fourth-order valence-electron chi connectivity index (χ4n) is 4.97. The van der Waals surface area contributed by atoms with Crippen LogP contribution in [0, 0.1) is 14.3 Å². The van der Waals surface area contributed by atoms with Crippen LogP contribution in [-0.2, 0) is 25.5 Å². The second kappa shape index (κ2) is 14.5. The third-order valence-electron chi connectivity index (χ3n) is 6.87. The third kappa shape index (κ3) is 7.60. The standard InChI is InChI=1S/C32H23I4NO7/c1-16(38)43-31(40)28(12-17-10-26(35)30(27(36)11-17)44-18-13-24(33)29(39)25(34)14-18)37-32(41)42-15-23-21-8-4-2-6-19(21)20-7-3-5-9-22(20)23/h2-11,13-14,23,28,39H,12,15H2,1H3,(H,37,41)/t28-/m0/s1. The number of carbonyl (C=O) groups is 3. The molecule has 1 aliphatic carbocycles. The monoisotopic (exact) mass is 1040 g/mol. The highest BCUT2D eigenvalue weighted by Crippen LogP contribution is 2.44. The molecule has 2 N–H and O–H groups in total. The maximum Gasteiger partial charge on any atom is 0.407 e. The van der Waals surface area contributed by atoms with E-state index in [9.17, 15) is 19.5 Å². The summed E-state index contributed by atoms with van der Waals surface area (Å²) in [4.78, 5) is 37.5. The Kier molecular flexibility index (Phi) is 10.9. The van der Waals surface area contributed by atoms with E-state index in [0.717, 1.165) is 36.3 Å². The number of aromatic hydroxyl groups is 1. The van der Waals surface area contributed by atoms with E-state index >= 15 is 0 Å². The summed E-state index contributed by atoms with van der Waals surface area (Å²) in [5.74, 6) is -0.429. The number of rotatable bonds is 8. The predicted molar refractivity (Wildman–Crippen MR) is 198 cm³/mol. The molecule has 5 rings (SSSR count). The van der Waals surface area contributed by atoms with Crippen LogP contribution in [0.2, 0.25) is 0 Å². The van der Waals surface area contributed by atoms with Crippen LogP contribution in [0.4, 0.5) is 4.79 Å². The van der Waals surface area contributed by atoms with Crippen LogP contribution in [0.1, 0.15) is 29.5 Å². The number of phenols is 1. The Morgan fingerprint density at radius 1 is 0.841 bits per heavy atom. The van der Waals surface area contributed by atoms with Gasteiger partial charge in [0.1, 0.15) is 24.1 Å². The topological polar surface area (TPSA) is 111 Å². The van der Waals surface area contributed by atoms with Crippen molar-refractivity contribution in [3.8, 4) is 28.4 Å². The number of benzene rings is 4. The first-order valence-corrected chi connectivity index (χ1v) is 17.5. The fraction of sp³-hybridized carbons (Fsp3) is 0.156. The van der Waals surface area contributed by atoms with Gasteiger partial charge >= 0.3 is 18.0 Å². The number of hydrogen-bond donors (Lipinski definition) is 2. The molecule has 0 aromatic heterocycles. The van der Waals surface area contributed by atoms with E-state index in [1.54, 1.807) is 12.1 Å². The molecule has 0 bridgehead atoms. The molecule has 0 spiro atoms. The molecule has 1 aliphatic rings. The maximum absolute atomic E-state index is 13.0. The summed E-state index contributed by atoms with van der Waals surface area (Å²) in [7, 11) is 0. The number of nitrogens with one attached hydrogen (secondary N) is 1. The second-order valence-electron chi connectivity index (χ2n) is 9.87. The normalized spacial score (nSPS) is 12.6. The van der Waals surface area contributed by atoms with E-state index in [4.69, 9.17) is 14.2 Å². The van der Waals surface area contributed by atoms with E-state index in [-0.39, 0.29) is 24.7 Å². The number of hydrogen-bond acceptors (Lipinski definition) is 7. The van der Waals surface area contributed by atoms with Gasteiger partial charge in [0, 0.05) is 19.3 Å². The molecule has 226 valence electrons. The average Bonchev–Trinajstić information content (AvgIpc) is 3.29. The lowest BCUT2D eigenvalue weighted by atomic mass is 9.98. The first kappa shape index (κ1) is 33.2. The summed E-state index contributed by atoms with van der Waals surface area (Å²) in [6, 6.07) is 22.0. The number of halogens is 4. The van der Waals surface area contributed by atoms with Crippen LogP contribution >= 0.6 is 90.4 Å². The Balaban J connectivity index is 1.31. The summed E-state index contributed by atoms with van der Waals surface area (Å²) >= 11 is 8.37. The summed E-state index contributed by atoms with van der Waals surface area (Å²) in [6.45, 7) is 1.21. The minimum absolute atomic E-state index is 0.0532. The molecule has 0 aliphatic heterocycles. The summed E-state index contributed by atoms with van der Waals surface area (Å²) in [5.41, 5.74) is 5.05. The van der Waals surface area contributed by atoms with Crippen molar-refractivity contribution >= 4 is 108 Å². The summed E-state index contributed by atoms with van der Waals surface area (Å²) in [5, 5.41) is 12.7. The highest BCUT2D eigenvalue weighted by atomic mass is 127. The summed E-state index contributed by atoms with van der Waals surface area (Å²) in [6.07, 6.45) is -0.740. The van der Waals surface area contributed by atoms with E-state index in [1.165, 1.54) is 0 Å². The lowest BCUT2D eigenvalue weighted by Gasteiger charge is -2.19. The van der Waals surface area contributed by atoms with E-state index in [2.05, 4.69) is 50.5 Å². The molecule has 44 heavy (non-hydrogen) atoms. The van der Waals surface area contributed by atoms with Crippen LogP contribution in [0.3, 0.4) is 0 Å². The van der Waals surface area contributed by atoms with Crippen LogP contribution in [0.25, 0.3) is 11.1 Å². The number of ether oxygens (including phenoxy) is 3. The molecule has 12 heteroatoms. The summed E-state index contributed by atoms with van der Waals surface area (Å²) < 4.78 is 19.5. The van der Waals surface area contributed by atoms with Crippen molar-refractivity contribution in [3.05, 3.63) is 104 Å². The van der Waals surface area contributed by atoms with Gasteiger partial charge in [0.05, 0.1) is 14.3 Å². The number of carbonyl (C=O) groups excluding carboxylic acids is 3. The van der Waals surface area contributed by atoms with Gasteiger partial charge in [-0.05, 0) is 142 Å². The number of fused-ring (bicyclic) bond motifs is 3. The van der Waals surface area contributed by atoms with Crippen LogP contribution in [-0.4, -0.2) is 35.8 Å². The largest absolute Gasteiger partial charge is 0.506 e. The van der Waals surface area contributed by atoms with E-state index < -0.39 is 24.1 Å². The first-order chi connectivity index (χ1) is 21.0. The van der Waals surface area contributed by atoms with Gasteiger partial charge in [-0.1, -0.05) is 48.5 Å². The van der Waals surface area contributed by atoms with Gasteiger partial charge in [0.15, 0.2) is 5.75 Å². The SMILES string of the molecule is CC(=O)OC(=O)[C@H](Cc1cc(I)c(Oc2cc(I)c(O)c(I)c2)c(I)c1)NC(=O)OCC1c2ccccc2-c2ccccc21. The molecule has 0 saturated heterocycles. The van der Waals surface area contributed by atoms with E-state index in [1.807, 2.05) is 106 Å². The highest BCUT2D eigenvalue weighted by Gasteiger charge is 2.30. The Labute approximate surface area is 308 Å². The molecule has 0 saturated carbocycles. The van der Waals surface area contributed by atoms with Gasteiger partial charge < -0.3 is 24.6 Å². The van der Waals surface area contributed by atoms with Gasteiger partial charge in [0.2, 0.25) is 0 Å². The molecule has 8 nitrogen and oxygen atoms in total. The molecule has 1 amide bonds. The fourth-order valence-corrected chi connectivity index (χ4v) is 8.80. The zero-order valence-corrected chi connectivity index (χ0v) is 31.5. The number of esters is 2. The Morgan fingerprint density at radius 3 is 1.93 bits per heavy atom. The number of amides is 1. The molecule has 0 fully saturated rings. The van der Waals surface area contributed by atoms with Gasteiger partial charge in [-0.3, -0.25) is 4.79 Å². The molecule has 4 aromatic rings. The van der Waals surface area contributed by atoms with E-state index in [0.29, 0.717) is 24.2 Å². The molecular formula is C32H23I4NO7. The maximum atomic E-state index is 13.0. The van der Waals surface area contributed by atoms with Crippen molar-refractivity contribution in [1.82, 2.24) is 5.32 Å². The lowest BCUT2D eigenvalue weighted by Crippen LogP contribution is -2.44. The predicted octanol–water partition coefficient (Wildman–Crippen LogP) is 8.14. The van der Waals surface area contributed by atoms with Crippen molar-refractivity contribution in [3.63, 3.8) is 0 Å². The van der Waals surface area contributed by atoms with Gasteiger partial charge in [0.25, 0.3) is 0 Å². The van der Waals surface area contributed by atoms with Crippen LogP contribution in [0.5, 0.6) is 17.2 Å². The smallest absolute Gasteiger partial charge is 0.407 e. The number of phenolic OH excluding ortho intramolecular Hbond substituents is 1. The quantitative estimate of drug-likeness (QED) is 0.104. The minimum atomic E-state index is -1.17. The van der Waals surface area contributed by atoms with Crippen molar-refractivity contribution in [1.29, 1.82) is 0 Å². The van der Waals surface area contributed by atoms with Crippen molar-refractivity contribution < 1.29 is 33.7 Å². The second-order valence-corrected chi connectivity index (χ2v) is 14.5. The third-order valence-corrected chi connectivity index (χ3v) is 10.1. The molecule has 0 unspecified atom stereocenters. The minimum Gasteiger partial charge on any atom is -0.506 e.